The number of nitriles is 1. The van der Waals surface area contributed by atoms with Gasteiger partial charge in [0.1, 0.15) is 0 Å². The summed E-state index contributed by atoms with van der Waals surface area (Å²) < 4.78 is 0. The van der Waals surface area contributed by atoms with Gasteiger partial charge in [-0.05, 0) is 42.9 Å². The van der Waals surface area contributed by atoms with E-state index in [9.17, 15) is 9.59 Å². The minimum atomic E-state index is -0.0310. The first kappa shape index (κ1) is 14.6. The van der Waals surface area contributed by atoms with Crippen LogP contribution in [-0.4, -0.2) is 23.9 Å². The van der Waals surface area contributed by atoms with E-state index in [2.05, 4.69) is 16.7 Å². The number of nitrogens with zero attached hydrogens (tertiary/aromatic N) is 1. The van der Waals surface area contributed by atoms with E-state index in [1.54, 1.807) is 24.3 Å². The van der Waals surface area contributed by atoms with Gasteiger partial charge in [0.2, 0.25) is 11.8 Å². The molecule has 2 N–H and O–H groups in total. The molecule has 3 rings (SSSR count). The number of carbonyl (C=O) groups is 2. The van der Waals surface area contributed by atoms with Crippen molar-refractivity contribution in [3.05, 3.63) is 35.4 Å². The van der Waals surface area contributed by atoms with E-state index in [1.807, 2.05) is 0 Å². The Hall–Kier alpha value is -2.35. The summed E-state index contributed by atoms with van der Waals surface area (Å²) in [6.45, 7) is 0. The Morgan fingerprint density at radius 2 is 2.00 bits per heavy atom. The highest BCUT2D eigenvalue weighted by atomic mass is 16.2. The lowest BCUT2D eigenvalue weighted by Crippen LogP contribution is -2.56. The zero-order chi connectivity index (χ0) is 15.5. The van der Waals surface area contributed by atoms with Gasteiger partial charge in [0, 0.05) is 12.5 Å². The molecule has 0 spiro atoms. The monoisotopic (exact) mass is 297 g/mol. The van der Waals surface area contributed by atoms with Gasteiger partial charge in [-0.15, -0.1) is 0 Å². The number of nitrogens with one attached hydrogen (secondary N) is 2. The maximum atomic E-state index is 12.2. The fraction of sp³-hybridized carbons (Fsp3) is 0.471. The zero-order valence-corrected chi connectivity index (χ0v) is 12.3. The van der Waals surface area contributed by atoms with Gasteiger partial charge in [-0.25, -0.2) is 0 Å². The largest absolute Gasteiger partial charge is 0.351 e. The highest BCUT2D eigenvalue weighted by molar-refractivity contribution is 5.80. The summed E-state index contributed by atoms with van der Waals surface area (Å²) in [5.41, 5.74) is 1.48. The molecule has 1 aromatic carbocycles. The number of hydrogen-bond acceptors (Lipinski definition) is 3. The molecule has 1 heterocycles. The molecule has 5 nitrogen and oxygen atoms in total. The van der Waals surface area contributed by atoms with E-state index in [-0.39, 0.29) is 23.9 Å². The molecule has 22 heavy (non-hydrogen) atoms. The van der Waals surface area contributed by atoms with Gasteiger partial charge in [-0.2, -0.15) is 5.26 Å². The first-order valence-corrected chi connectivity index (χ1v) is 7.73. The zero-order valence-electron chi connectivity index (χ0n) is 12.3. The first-order valence-electron chi connectivity index (χ1n) is 7.73. The van der Waals surface area contributed by atoms with Gasteiger partial charge in [-0.1, -0.05) is 12.1 Å². The maximum absolute atomic E-state index is 12.2. The summed E-state index contributed by atoms with van der Waals surface area (Å²) in [7, 11) is 0. The highest BCUT2D eigenvalue weighted by Gasteiger charge is 2.40. The Morgan fingerprint density at radius 1 is 1.27 bits per heavy atom. The molecule has 0 aromatic heterocycles. The number of carbonyl (C=O) groups excluding carboxylic acids is 2. The van der Waals surface area contributed by atoms with Crippen molar-refractivity contribution in [2.75, 3.05) is 0 Å². The summed E-state index contributed by atoms with van der Waals surface area (Å²) in [5.74, 6) is 0.579. The van der Waals surface area contributed by atoms with Crippen molar-refractivity contribution in [3.8, 4) is 6.07 Å². The van der Waals surface area contributed by atoms with Crippen LogP contribution in [0.3, 0.4) is 0 Å². The second-order valence-electron chi connectivity index (χ2n) is 6.13. The molecule has 114 valence electrons. The molecular formula is C17H19N3O2. The third kappa shape index (κ3) is 3.45. The molecule has 0 bridgehead atoms. The van der Waals surface area contributed by atoms with Gasteiger partial charge < -0.3 is 10.6 Å². The van der Waals surface area contributed by atoms with Crippen molar-refractivity contribution >= 4 is 11.8 Å². The summed E-state index contributed by atoms with van der Waals surface area (Å²) in [4.78, 5) is 23.8. The molecular weight excluding hydrogens is 278 g/mol. The smallest absolute Gasteiger partial charge is 0.224 e. The summed E-state index contributed by atoms with van der Waals surface area (Å²) >= 11 is 0. The van der Waals surface area contributed by atoms with Crippen LogP contribution in [0.4, 0.5) is 0 Å². The summed E-state index contributed by atoms with van der Waals surface area (Å²) in [6.07, 6.45) is 3.75. The second kappa shape index (κ2) is 6.18. The van der Waals surface area contributed by atoms with Crippen LogP contribution in [0.1, 0.15) is 36.8 Å². The van der Waals surface area contributed by atoms with Crippen LogP contribution in [-0.2, 0) is 16.0 Å². The molecule has 2 aliphatic rings. The molecule has 0 unspecified atom stereocenters. The lowest BCUT2D eigenvalue weighted by Gasteiger charge is -2.33. The normalized spacial score (nSPS) is 24.2. The van der Waals surface area contributed by atoms with Gasteiger partial charge >= 0.3 is 0 Å². The quantitative estimate of drug-likeness (QED) is 0.878. The molecule has 1 aliphatic carbocycles. The summed E-state index contributed by atoms with van der Waals surface area (Å²) in [6, 6.07) is 9.24. The van der Waals surface area contributed by atoms with Crippen molar-refractivity contribution in [1.82, 2.24) is 10.6 Å². The van der Waals surface area contributed by atoms with Crippen LogP contribution >= 0.6 is 0 Å². The van der Waals surface area contributed by atoms with E-state index in [0.717, 1.165) is 18.4 Å². The molecule has 1 aromatic rings. The predicted octanol–water partition coefficient (Wildman–Crippen LogP) is 1.27. The van der Waals surface area contributed by atoms with E-state index in [4.69, 9.17) is 5.26 Å². The van der Waals surface area contributed by atoms with Gasteiger partial charge in [0.05, 0.1) is 24.1 Å². The third-order valence-electron chi connectivity index (χ3n) is 4.37. The number of amides is 2. The molecule has 2 atom stereocenters. The van der Waals surface area contributed by atoms with Crippen LogP contribution < -0.4 is 10.6 Å². The van der Waals surface area contributed by atoms with Crippen molar-refractivity contribution in [3.63, 3.8) is 0 Å². The summed E-state index contributed by atoms with van der Waals surface area (Å²) in [5, 5.41) is 14.9. The number of piperidine rings is 1. The van der Waals surface area contributed by atoms with E-state index >= 15 is 0 Å². The molecule has 1 aliphatic heterocycles. The third-order valence-corrected chi connectivity index (χ3v) is 4.37. The molecule has 5 heteroatoms. The second-order valence-corrected chi connectivity index (χ2v) is 6.13. The number of hydrogen-bond donors (Lipinski definition) is 2. The Labute approximate surface area is 129 Å². The van der Waals surface area contributed by atoms with Crippen LogP contribution in [0.5, 0.6) is 0 Å². The van der Waals surface area contributed by atoms with Gasteiger partial charge in [0.25, 0.3) is 0 Å². The van der Waals surface area contributed by atoms with Crippen molar-refractivity contribution < 1.29 is 9.59 Å². The molecule has 2 fully saturated rings. The Kier molecular flexibility index (Phi) is 4.10. The fourth-order valence-corrected chi connectivity index (χ4v) is 3.03. The van der Waals surface area contributed by atoms with Crippen LogP contribution in [0.25, 0.3) is 0 Å². The van der Waals surface area contributed by atoms with Crippen LogP contribution in [0, 0.1) is 17.2 Å². The van der Waals surface area contributed by atoms with Gasteiger partial charge in [-0.3, -0.25) is 9.59 Å². The topological polar surface area (TPSA) is 82.0 Å². The first-order chi connectivity index (χ1) is 10.7. The Balaban J connectivity index is 1.58. The standard InChI is InChI=1S/C17H19N3O2/c18-10-12-3-1-11(2-4-12)9-16(22)19-14-7-8-15(21)20-17(14)13-5-6-13/h1-4,13-14,17H,5-9H2,(H,19,22)(H,20,21)/t14-,17+/m1/s1. The van der Waals surface area contributed by atoms with Crippen molar-refractivity contribution in [2.45, 2.75) is 44.2 Å². The van der Waals surface area contributed by atoms with E-state index < -0.39 is 0 Å². The van der Waals surface area contributed by atoms with Crippen molar-refractivity contribution in [2.24, 2.45) is 5.92 Å². The SMILES string of the molecule is N#Cc1ccc(CC(=O)N[C@@H]2CCC(=O)N[C@H]2C2CC2)cc1. The maximum Gasteiger partial charge on any atom is 0.224 e. The minimum absolute atomic E-state index is 0.0310. The minimum Gasteiger partial charge on any atom is -0.351 e. The molecule has 1 saturated carbocycles. The molecule has 0 radical (unpaired) electrons. The molecule has 1 saturated heterocycles. The number of rotatable bonds is 4. The van der Waals surface area contributed by atoms with E-state index in [0.29, 0.717) is 30.7 Å². The van der Waals surface area contributed by atoms with Crippen LogP contribution in [0.2, 0.25) is 0 Å². The van der Waals surface area contributed by atoms with Gasteiger partial charge in [0.15, 0.2) is 0 Å². The molecule has 2 amide bonds. The Bertz CT molecular complexity index is 614. The highest BCUT2D eigenvalue weighted by Crippen LogP contribution is 2.36. The average Bonchev–Trinajstić information content (AvgIpc) is 3.34. The Morgan fingerprint density at radius 3 is 2.64 bits per heavy atom. The predicted molar refractivity (Wildman–Crippen MR) is 80.7 cm³/mol. The lowest BCUT2D eigenvalue weighted by molar-refractivity contribution is -0.127. The fourth-order valence-electron chi connectivity index (χ4n) is 3.03. The van der Waals surface area contributed by atoms with Crippen LogP contribution in [0.15, 0.2) is 24.3 Å². The number of benzene rings is 1. The lowest BCUT2D eigenvalue weighted by atomic mass is 9.94. The average molecular weight is 297 g/mol. The van der Waals surface area contributed by atoms with E-state index in [1.165, 1.54) is 0 Å². The van der Waals surface area contributed by atoms with Crippen molar-refractivity contribution in [1.29, 1.82) is 5.26 Å².